The molecule has 3 aromatic rings. The number of aromatic nitrogens is 4. The third kappa shape index (κ3) is 3.42. The number of carbonyl (C=O) groups excluding carboxylic acids is 1. The van der Waals surface area contributed by atoms with Crippen molar-refractivity contribution in [1.29, 1.82) is 0 Å². The molecule has 0 spiro atoms. The van der Waals surface area contributed by atoms with Gasteiger partial charge in [0.15, 0.2) is 11.2 Å². The fourth-order valence-electron chi connectivity index (χ4n) is 3.40. The first-order valence-electron chi connectivity index (χ1n) is 9.04. The molecule has 3 heterocycles. The van der Waals surface area contributed by atoms with Gasteiger partial charge in [-0.1, -0.05) is 12.5 Å². The summed E-state index contributed by atoms with van der Waals surface area (Å²) in [5.74, 6) is 1.24. The minimum atomic E-state index is -0.313. The number of methoxy groups -OCH3 is 1. The summed E-state index contributed by atoms with van der Waals surface area (Å²) in [5.41, 5.74) is 1.27. The van der Waals surface area contributed by atoms with Crippen LogP contribution in [-0.4, -0.2) is 32.1 Å². The van der Waals surface area contributed by atoms with Crippen molar-refractivity contribution < 1.29 is 9.53 Å². The largest absolute Gasteiger partial charge is 0.497 e. The number of imidazole rings is 1. The summed E-state index contributed by atoms with van der Waals surface area (Å²) in [6.45, 7) is 0.708. The van der Waals surface area contributed by atoms with Crippen molar-refractivity contribution in [2.45, 2.75) is 38.8 Å². The zero-order valence-electron chi connectivity index (χ0n) is 15.1. The number of fused-ring (bicyclic) bond motifs is 3. The van der Waals surface area contributed by atoms with Gasteiger partial charge in [0.25, 0.3) is 5.56 Å². The van der Waals surface area contributed by atoms with Crippen LogP contribution in [-0.2, 0) is 24.3 Å². The van der Waals surface area contributed by atoms with Gasteiger partial charge in [0, 0.05) is 24.7 Å². The second kappa shape index (κ2) is 7.22. The normalized spacial score (nSPS) is 13.8. The van der Waals surface area contributed by atoms with E-state index in [1.54, 1.807) is 31.4 Å². The number of amides is 1. The van der Waals surface area contributed by atoms with Gasteiger partial charge in [-0.05, 0) is 25.0 Å². The van der Waals surface area contributed by atoms with Gasteiger partial charge in [-0.15, -0.1) is 0 Å². The predicted octanol–water partition coefficient (Wildman–Crippen LogP) is 1.97. The van der Waals surface area contributed by atoms with Gasteiger partial charge in [-0.3, -0.25) is 14.2 Å². The lowest BCUT2D eigenvalue weighted by atomic mass is 10.2. The number of anilines is 1. The lowest BCUT2D eigenvalue weighted by molar-refractivity contribution is -0.116. The molecule has 0 saturated carbocycles. The SMILES string of the molecule is COc1cccc(NC(=O)Cn2cnc3c(nc4n3CCCCC4)c2=O)c1. The van der Waals surface area contributed by atoms with E-state index in [2.05, 4.69) is 15.3 Å². The summed E-state index contributed by atoms with van der Waals surface area (Å²) >= 11 is 0. The third-order valence-corrected chi connectivity index (χ3v) is 4.75. The molecule has 8 nitrogen and oxygen atoms in total. The Morgan fingerprint density at radius 1 is 1.30 bits per heavy atom. The molecular formula is C19H21N5O3. The second-order valence-corrected chi connectivity index (χ2v) is 6.62. The quantitative estimate of drug-likeness (QED) is 0.761. The fraction of sp³-hybridized carbons (Fsp3) is 0.368. The van der Waals surface area contributed by atoms with E-state index >= 15 is 0 Å². The topological polar surface area (TPSA) is 91.0 Å². The lowest BCUT2D eigenvalue weighted by Crippen LogP contribution is -2.28. The van der Waals surface area contributed by atoms with Crippen molar-refractivity contribution in [2.75, 3.05) is 12.4 Å². The van der Waals surface area contributed by atoms with Gasteiger partial charge in [-0.2, -0.15) is 0 Å². The molecule has 140 valence electrons. The van der Waals surface area contributed by atoms with E-state index in [4.69, 9.17) is 4.74 Å². The molecule has 8 heteroatoms. The summed E-state index contributed by atoms with van der Waals surface area (Å²) in [5, 5.41) is 2.77. The molecule has 27 heavy (non-hydrogen) atoms. The molecule has 0 bridgehead atoms. The Labute approximate surface area is 155 Å². The molecular weight excluding hydrogens is 346 g/mol. The van der Waals surface area contributed by atoms with Crippen LogP contribution in [0.15, 0.2) is 35.4 Å². The average molecular weight is 367 g/mol. The van der Waals surface area contributed by atoms with Crippen molar-refractivity contribution in [3.8, 4) is 5.75 Å². The molecule has 1 aliphatic heterocycles. The van der Waals surface area contributed by atoms with E-state index in [1.807, 2.05) is 4.57 Å². The van der Waals surface area contributed by atoms with Crippen molar-refractivity contribution >= 4 is 22.8 Å². The van der Waals surface area contributed by atoms with Crippen LogP contribution in [0.25, 0.3) is 11.2 Å². The van der Waals surface area contributed by atoms with Crippen LogP contribution in [0.1, 0.15) is 25.1 Å². The molecule has 0 radical (unpaired) electrons. The molecule has 4 rings (SSSR count). The van der Waals surface area contributed by atoms with E-state index in [9.17, 15) is 9.59 Å². The summed E-state index contributed by atoms with van der Waals surface area (Å²) in [6, 6.07) is 7.05. The van der Waals surface area contributed by atoms with Crippen LogP contribution >= 0.6 is 0 Å². The van der Waals surface area contributed by atoms with E-state index < -0.39 is 0 Å². The Bertz CT molecular complexity index is 1050. The Kier molecular flexibility index (Phi) is 4.62. The molecule has 2 aromatic heterocycles. The maximum atomic E-state index is 12.8. The first kappa shape index (κ1) is 17.3. The summed E-state index contributed by atoms with van der Waals surface area (Å²) in [7, 11) is 1.56. The third-order valence-electron chi connectivity index (χ3n) is 4.75. The number of nitrogens with one attached hydrogen (secondary N) is 1. The molecule has 1 amide bonds. The van der Waals surface area contributed by atoms with Crippen LogP contribution < -0.4 is 15.6 Å². The van der Waals surface area contributed by atoms with Crippen LogP contribution in [0.3, 0.4) is 0 Å². The first-order valence-corrected chi connectivity index (χ1v) is 9.04. The van der Waals surface area contributed by atoms with Gasteiger partial charge in [0.2, 0.25) is 5.91 Å². The highest BCUT2D eigenvalue weighted by Gasteiger charge is 2.18. The number of ether oxygens (including phenoxy) is 1. The molecule has 0 aliphatic carbocycles. The Balaban J connectivity index is 1.57. The van der Waals surface area contributed by atoms with Crippen molar-refractivity contribution in [2.24, 2.45) is 0 Å². The number of aryl methyl sites for hydroxylation is 2. The number of hydrogen-bond acceptors (Lipinski definition) is 5. The Hall–Kier alpha value is -3.16. The van der Waals surface area contributed by atoms with Gasteiger partial charge in [0.05, 0.1) is 7.11 Å². The molecule has 0 unspecified atom stereocenters. The van der Waals surface area contributed by atoms with Gasteiger partial charge in [0.1, 0.15) is 24.4 Å². The molecule has 0 atom stereocenters. The summed E-state index contributed by atoms with van der Waals surface area (Å²) < 4.78 is 8.47. The molecule has 1 N–H and O–H groups in total. The second-order valence-electron chi connectivity index (χ2n) is 6.62. The van der Waals surface area contributed by atoms with E-state index in [-0.39, 0.29) is 18.0 Å². The summed E-state index contributed by atoms with van der Waals surface area (Å²) in [4.78, 5) is 34.0. The minimum absolute atomic E-state index is 0.124. The maximum absolute atomic E-state index is 12.8. The highest BCUT2D eigenvalue weighted by atomic mass is 16.5. The average Bonchev–Trinajstić information content (AvgIpc) is 2.86. The van der Waals surface area contributed by atoms with Gasteiger partial charge >= 0.3 is 0 Å². The number of nitrogens with zero attached hydrogens (tertiary/aromatic N) is 4. The van der Waals surface area contributed by atoms with Gasteiger partial charge in [-0.25, -0.2) is 9.97 Å². The lowest BCUT2D eigenvalue weighted by Gasteiger charge is -2.08. The standard InChI is InChI=1S/C19H21N5O3/c1-27-14-7-5-6-13(10-14)21-16(25)11-23-12-20-18-17(19(23)26)22-15-8-3-2-4-9-24(15)18/h5-7,10,12H,2-4,8-9,11H2,1H3,(H,21,25). The Morgan fingerprint density at radius 2 is 2.19 bits per heavy atom. The van der Waals surface area contributed by atoms with Crippen LogP contribution in [0.5, 0.6) is 5.75 Å². The number of carbonyl (C=O) groups is 1. The molecule has 1 aliphatic rings. The predicted molar refractivity (Wildman–Crippen MR) is 101 cm³/mol. The van der Waals surface area contributed by atoms with Crippen LogP contribution in [0.2, 0.25) is 0 Å². The monoisotopic (exact) mass is 367 g/mol. The van der Waals surface area contributed by atoms with E-state index in [0.29, 0.717) is 22.6 Å². The number of rotatable bonds is 4. The van der Waals surface area contributed by atoms with Crippen molar-refractivity contribution in [1.82, 2.24) is 19.1 Å². The highest BCUT2D eigenvalue weighted by molar-refractivity contribution is 5.90. The van der Waals surface area contributed by atoms with E-state index in [1.165, 1.54) is 10.9 Å². The smallest absolute Gasteiger partial charge is 0.282 e. The maximum Gasteiger partial charge on any atom is 0.282 e. The Morgan fingerprint density at radius 3 is 3.04 bits per heavy atom. The molecule has 1 aromatic carbocycles. The zero-order chi connectivity index (χ0) is 18.8. The number of benzene rings is 1. The zero-order valence-corrected chi connectivity index (χ0v) is 15.1. The van der Waals surface area contributed by atoms with Crippen molar-refractivity contribution in [3.63, 3.8) is 0 Å². The molecule has 0 saturated heterocycles. The van der Waals surface area contributed by atoms with Crippen molar-refractivity contribution in [3.05, 3.63) is 46.8 Å². The first-order chi connectivity index (χ1) is 13.2. The highest BCUT2D eigenvalue weighted by Crippen LogP contribution is 2.19. The summed E-state index contributed by atoms with van der Waals surface area (Å²) in [6.07, 6.45) is 5.57. The van der Waals surface area contributed by atoms with E-state index in [0.717, 1.165) is 38.1 Å². The van der Waals surface area contributed by atoms with Gasteiger partial charge < -0.3 is 14.6 Å². The number of hydrogen-bond donors (Lipinski definition) is 1. The van der Waals surface area contributed by atoms with Crippen LogP contribution in [0, 0.1) is 0 Å². The fourth-order valence-corrected chi connectivity index (χ4v) is 3.40. The molecule has 0 fully saturated rings. The van der Waals surface area contributed by atoms with Crippen LogP contribution in [0.4, 0.5) is 5.69 Å². The minimum Gasteiger partial charge on any atom is -0.497 e.